The van der Waals surface area contributed by atoms with Crippen molar-refractivity contribution in [1.29, 1.82) is 0 Å². The molecule has 0 aliphatic rings. The van der Waals surface area contributed by atoms with Crippen LogP contribution in [0.4, 0.5) is 0 Å². The molecular formula is C26H24O7. The van der Waals surface area contributed by atoms with Gasteiger partial charge in [0.25, 0.3) is 0 Å². The molecule has 0 aliphatic heterocycles. The fourth-order valence-electron chi connectivity index (χ4n) is 3.12. The van der Waals surface area contributed by atoms with Gasteiger partial charge in [-0.3, -0.25) is 4.79 Å². The van der Waals surface area contributed by atoms with Gasteiger partial charge in [0.05, 0.1) is 34.0 Å². The third-order valence-electron chi connectivity index (χ3n) is 4.80. The lowest BCUT2D eigenvalue weighted by Gasteiger charge is -2.13. The van der Waals surface area contributed by atoms with E-state index < -0.39 is 5.97 Å². The van der Waals surface area contributed by atoms with Gasteiger partial charge in [0.2, 0.25) is 5.75 Å². The number of carbonyl (C=O) groups is 2. The highest BCUT2D eigenvalue weighted by Crippen LogP contribution is 2.38. The van der Waals surface area contributed by atoms with E-state index >= 15 is 0 Å². The Morgan fingerprint density at radius 1 is 0.697 bits per heavy atom. The number of methoxy groups -OCH3 is 4. The van der Waals surface area contributed by atoms with E-state index in [1.54, 1.807) is 37.5 Å². The zero-order valence-electron chi connectivity index (χ0n) is 18.8. The fraction of sp³-hybridized carbons (Fsp3) is 0.154. The number of carbonyl (C=O) groups excluding carboxylic acids is 2. The molecule has 0 aromatic heterocycles. The molecule has 3 rings (SSSR count). The largest absolute Gasteiger partial charge is 0.496 e. The van der Waals surface area contributed by atoms with Crippen LogP contribution in [0.2, 0.25) is 0 Å². The normalized spacial score (nSPS) is 10.5. The first kappa shape index (κ1) is 23.4. The molecule has 0 bridgehead atoms. The molecule has 7 nitrogen and oxygen atoms in total. The zero-order chi connectivity index (χ0) is 23.8. The van der Waals surface area contributed by atoms with Crippen molar-refractivity contribution in [2.75, 3.05) is 28.4 Å². The number of para-hydroxylation sites is 1. The van der Waals surface area contributed by atoms with Gasteiger partial charge < -0.3 is 23.7 Å². The maximum absolute atomic E-state index is 12.6. The van der Waals surface area contributed by atoms with Crippen LogP contribution < -0.4 is 23.7 Å². The van der Waals surface area contributed by atoms with Crippen LogP contribution in [0.3, 0.4) is 0 Å². The van der Waals surface area contributed by atoms with Gasteiger partial charge in [-0.2, -0.15) is 0 Å². The van der Waals surface area contributed by atoms with Crippen molar-refractivity contribution in [1.82, 2.24) is 0 Å². The molecule has 0 atom stereocenters. The minimum absolute atomic E-state index is 0.191. The van der Waals surface area contributed by atoms with Crippen LogP contribution in [0.5, 0.6) is 28.7 Å². The van der Waals surface area contributed by atoms with Gasteiger partial charge in [-0.15, -0.1) is 0 Å². The highest BCUT2D eigenvalue weighted by molar-refractivity contribution is 6.07. The molecule has 3 aromatic rings. The van der Waals surface area contributed by atoms with Crippen molar-refractivity contribution in [3.05, 3.63) is 83.4 Å². The van der Waals surface area contributed by atoms with Crippen molar-refractivity contribution in [3.8, 4) is 28.7 Å². The molecule has 0 saturated carbocycles. The van der Waals surface area contributed by atoms with Crippen molar-refractivity contribution < 1.29 is 33.3 Å². The Kier molecular flexibility index (Phi) is 7.70. The van der Waals surface area contributed by atoms with Crippen LogP contribution in [0.25, 0.3) is 6.08 Å². The number of ketones is 1. The van der Waals surface area contributed by atoms with Gasteiger partial charge in [0.1, 0.15) is 11.5 Å². The number of allylic oxidation sites excluding steroid dienone is 1. The Labute approximate surface area is 192 Å². The summed E-state index contributed by atoms with van der Waals surface area (Å²) in [5.41, 5.74) is 1.47. The summed E-state index contributed by atoms with van der Waals surface area (Å²) in [6, 6.07) is 16.7. The molecule has 3 aromatic carbocycles. The van der Waals surface area contributed by atoms with Crippen molar-refractivity contribution >= 4 is 17.8 Å². The number of ether oxygens (including phenoxy) is 5. The van der Waals surface area contributed by atoms with E-state index in [9.17, 15) is 9.59 Å². The molecule has 0 N–H and O–H groups in total. The number of hydrogen-bond donors (Lipinski definition) is 0. The molecule has 0 amide bonds. The zero-order valence-corrected chi connectivity index (χ0v) is 18.8. The van der Waals surface area contributed by atoms with Gasteiger partial charge >= 0.3 is 5.97 Å². The molecule has 170 valence electrons. The highest BCUT2D eigenvalue weighted by Gasteiger charge is 2.18. The predicted molar refractivity (Wildman–Crippen MR) is 124 cm³/mol. The Hall–Kier alpha value is -4.26. The van der Waals surface area contributed by atoms with Crippen LogP contribution in [-0.4, -0.2) is 40.2 Å². The minimum atomic E-state index is -0.607. The highest BCUT2D eigenvalue weighted by atomic mass is 16.5. The average molecular weight is 448 g/mol. The second-order valence-corrected chi connectivity index (χ2v) is 6.77. The summed E-state index contributed by atoms with van der Waals surface area (Å²) in [5.74, 6) is 1.22. The smallest absolute Gasteiger partial charge is 0.343 e. The second kappa shape index (κ2) is 10.9. The van der Waals surface area contributed by atoms with Gasteiger partial charge in [-0.1, -0.05) is 18.2 Å². The van der Waals surface area contributed by atoms with Crippen LogP contribution >= 0.6 is 0 Å². The molecule has 0 aliphatic carbocycles. The summed E-state index contributed by atoms with van der Waals surface area (Å²) < 4.78 is 26.5. The van der Waals surface area contributed by atoms with Crippen molar-refractivity contribution in [2.24, 2.45) is 0 Å². The number of esters is 1. The Bertz CT molecular complexity index is 1140. The molecular weight excluding hydrogens is 424 g/mol. The van der Waals surface area contributed by atoms with E-state index in [4.69, 9.17) is 23.7 Å². The quantitative estimate of drug-likeness (QED) is 0.201. The van der Waals surface area contributed by atoms with Crippen LogP contribution in [0, 0.1) is 0 Å². The molecule has 33 heavy (non-hydrogen) atoms. The average Bonchev–Trinajstić information content (AvgIpc) is 2.86. The van der Waals surface area contributed by atoms with Crippen molar-refractivity contribution in [2.45, 2.75) is 0 Å². The first-order valence-corrected chi connectivity index (χ1v) is 9.98. The summed E-state index contributed by atoms with van der Waals surface area (Å²) in [6.45, 7) is 0. The maximum atomic E-state index is 12.6. The second-order valence-electron chi connectivity index (χ2n) is 6.77. The lowest BCUT2D eigenvalue weighted by atomic mass is 10.1. The summed E-state index contributed by atoms with van der Waals surface area (Å²) >= 11 is 0. The topological polar surface area (TPSA) is 80.3 Å². The lowest BCUT2D eigenvalue weighted by Crippen LogP contribution is -2.10. The van der Waals surface area contributed by atoms with E-state index in [-0.39, 0.29) is 11.3 Å². The van der Waals surface area contributed by atoms with Crippen LogP contribution in [-0.2, 0) is 0 Å². The third-order valence-corrected chi connectivity index (χ3v) is 4.80. The van der Waals surface area contributed by atoms with Gasteiger partial charge in [-0.25, -0.2) is 4.79 Å². The molecule has 0 radical (unpaired) electrons. The lowest BCUT2D eigenvalue weighted by molar-refractivity contribution is 0.0733. The minimum Gasteiger partial charge on any atom is -0.496 e. The van der Waals surface area contributed by atoms with E-state index in [1.165, 1.54) is 39.5 Å². The number of hydrogen-bond acceptors (Lipinski definition) is 7. The van der Waals surface area contributed by atoms with E-state index in [0.717, 1.165) is 5.56 Å². The monoisotopic (exact) mass is 448 g/mol. The SMILES string of the molecule is COc1ccccc1/C=C/C(=O)c1ccc(OC(=O)c2cc(OC)c(OC)c(OC)c2)cc1. The first-order chi connectivity index (χ1) is 16.0. The molecule has 0 heterocycles. The van der Waals surface area contributed by atoms with Crippen LogP contribution in [0.15, 0.2) is 66.7 Å². The Balaban J connectivity index is 1.72. The maximum Gasteiger partial charge on any atom is 0.343 e. The van der Waals surface area contributed by atoms with E-state index in [2.05, 4.69) is 0 Å². The Morgan fingerprint density at radius 2 is 1.30 bits per heavy atom. The molecule has 7 heteroatoms. The number of benzene rings is 3. The molecule has 0 unspecified atom stereocenters. The Morgan fingerprint density at radius 3 is 1.88 bits per heavy atom. The molecule has 0 saturated heterocycles. The molecule has 0 fully saturated rings. The van der Waals surface area contributed by atoms with E-state index in [0.29, 0.717) is 34.3 Å². The van der Waals surface area contributed by atoms with E-state index in [1.807, 2.05) is 24.3 Å². The van der Waals surface area contributed by atoms with Gasteiger partial charge in [0, 0.05) is 11.1 Å². The van der Waals surface area contributed by atoms with Crippen LogP contribution in [0.1, 0.15) is 26.3 Å². The number of rotatable bonds is 9. The fourth-order valence-corrected chi connectivity index (χ4v) is 3.12. The van der Waals surface area contributed by atoms with Crippen molar-refractivity contribution in [3.63, 3.8) is 0 Å². The van der Waals surface area contributed by atoms with Gasteiger partial charge in [0.15, 0.2) is 17.3 Å². The standard InChI is InChI=1S/C26H24O7/c1-29-22-8-6-5-7-18(22)11-14-21(27)17-9-12-20(13-10-17)33-26(28)19-15-23(30-2)25(32-4)24(16-19)31-3/h5-16H,1-4H3/b14-11+. The summed E-state index contributed by atoms with van der Waals surface area (Å²) in [5, 5.41) is 0. The first-order valence-electron chi connectivity index (χ1n) is 9.98. The third kappa shape index (κ3) is 5.51. The summed E-state index contributed by atoms with van der Waals surface area (Å²) in [7, 11) is 5.98. The van der Waals surface area contributed by atoms with Gasteiger partial charge in [-0.05, 0) is 54.6 Å². The summed E-state index contributed by atoms with van der Waals surface area (Å²) in [4.78, 5) is 25.1. The summed E-state index contributed by atoms with van der Waals surface area (Å²) in [6.07, 6.45) is 3.16. The predicted octanol–water partition coefficient (Wildman–Crippen LogP) is 4.84. The molecule has 0 spiro atoms.